The molecule has 0 bridgehead atoms. The van der Waals surface area contributed by atoms with Crippen molar-refractivity contribution in [2.24, 2.45) is 5.11 Å². The lowest BCUT2D eigenvalue weighted by atomic mass is 10.1. The molecular formula is C10H7ClN4. The minimum atomic E-state index is 0.346. The van der Waals surface area contributed by atoms with Crippen molar-refractivity contribution in [1.29, 1.82) is 0 Å². The van der Waals surface area contributed by atoms with Gasteiger partial charge in [0.1, 0.15) is 0 Å². The lowest BCUT2D eigenvalue weighted by Crippen LogP contribution is -1.83. The molecule has 0 N–H and O–H groups in total. The average Bonchev–Trinajstić information content (AvgIpc) is 2.25. The summed E-state index contributed by atoms with van der Waals surface area (Å²) in [5, 5.41) is 5.05. The van der Waals surface area contributed by atoms with Crippen molar-refractivity contribution >= 4 is 22.5 Å². The standard InChI is InChI=1S/C10H7ClN4/c11-9-4-8-3-7(5-14-15-12)1-2-10(8)13-6-9/h1-4,6H,5H2. The van der Waals surface area contributed by atoms with Gasteiger partial charge in [-0.3, -0.25) is 4.98 Å². The Morgan fingerprint density at radius 3 is 3.07 bits per heavy atom. The Bertz CT molecular complexity index is 546. The Kier molecular flexibility index (Phi) is 2.72. The summed E-state index contributed by atoms with van der Waals surface area (Å²) < 4.78 is 0. The molecule has 0 aliphatic carbocycles. The van der Waals surface area contributed by atoms with E-state index in [4.69, 9.17) is 17.1 Å². The zero-order chi connectivity index (χ0) is 10.7. The first-order valence-corrected chi connectivity index (χ1v) is 4.72. The largest absolute Gasteiger partial charge is 0.255 e. The third-order valence-corrected chi connectivity index (χ3v) is 2.24. The second-order valence-electron chi connectivity index (χ2n) is 3.07. The maximum atomic E-state index is 8.21. The summed E-state index contributed by atoms with van der Waals surface area (Å²) in [5.74, 6) is 0. The third kappa shape index (κ3) is 2.18. The summed E-state index contributed by atoms with van der Waals surface area (Å²) >= 11 is 5.83. The maximum Gasteiger partial charge on any atom is 0.0703 e. The predicted molar refractivity (Wildman–Crippen MR) is 59.6 cm³/mol. The van der Waals surface area contributed by atoms with E-state index in [0.717, 1.165) is 16.5 Å². The van der Waals surface area contributed by atoms with E-state index < -0.39 is 0 Å². The van der Waals surface area contributed by atoms with Gasteiger partial charge >= 0.3 is 0 Å². The molecular weight excluding hydrogens is 212 g/mol. The molecule has 15 heavy (non-hydrogen) atoms. The molecule has 0 aliphatic heterocycles. The highest BCUT2D eigenvalue weighted by molar-refractivity contribution is 6.31. The van der Waals surface area contributed by atoms with Crippen molar-refractivity contribution < 1.29 is 0 Å². The van der Waals surface area contributed by atoms with Crippen LogP contribution in [-0.4, -0.2) is 4.98 Å². The number of benzene rings is 1. The molecule has 1 aromatic heterocycles. The van der Waals surface area contributed by atoms with Gasteiger partial charge in [-0.05, 0) is 29.3 Å². The fourth-order valence-corrected chi connectivity index (χ4v) is 1.53. The SMILES string of the molecule is [N-]=[N+]=NCc1ccc2ncc(Cl)cc2c1. The van der Waals surface area contributed by atoms with Gasteiger partial charge in [0, 0.05) is 16.5 Å². The van der Waals surface area contributed by atoms with E-state index in [1.165, 1.54) is 0 Å². The van der Waals surface area contributed by atoms with Crippen LogP contribution >= 0.6 is 11.6 Å². The Morgan fingerprint density at radius 2 is 2.27 bits per heavy atom. The summed E-state index contributed by atoms with van der Waals surface area (Å²) in [5.41, 5.74) is 10.0. The van der Waals surface area contributed by atoms with Gasteiger partial charge in [-0.15, -0.1) is 0 Å². The normalized spacial score (nSPS) is 9.93. The predicted octanol–water partition coefficient (Wildman–Crippen LogP) is 3.70. The van der Waals surface area contributed by atoms with Crippen molar-refractivity contribution in [3.05, 3.63) is 51.5 Å². The number of fused-ring (bicyclic) bond motifs is 1. The number of halogens is 1. The first kappa shape index (κ1) is 9.77. The van der Waals surface area contributed by atoms with Crippen molar-refractivity contribution in [2.75, 3.05) is 0 Å². The van der Waals surface area contributed by atoms with Gasteiger partial charge in [0.15, 0.2) is 0 Å². The van der Waals surface area contributed by atoms with Crippen LogP contribution in [0.5, 0.6) is 0 Å². The van der Waals surface area contributed by atoms with E-state index in [-0.39, 0.29) is 0 Å². The van der Waals surface area contributed by atoms with E-state index >= 15 is 0 Å². The van der Waals surface area contributed by atoms with Gasteiger partial charge in [0.25, 0.3) is 0 Å². The highest BCUT2D eigenvalue weighted by atomic mass is 35.5. The molecule has 5 heteroatoms. The van der Waals surface area contributed by atoms with Crippen LogP contribution < -0.4 is 0 Å². The third-order valence-electron chi connectivity index (χ3n) is 2.03. The lowest BCUT2D eigenvalue weighted by Gasteiger charge is -2.00. The molecule has 2 rings (SSSR count). The van der Waals surface area contributed by atoms with Crippen LogP contribution in [0.1, 0.15) is 5.56 Å². The number of hydrogen-bond donors (Lipinski definition) is 0. The molecule has 74 valence electrons. The fourth-order valence-electron chi connectivity index (χ4n) is 1.37. The summed E-state index contributed by atoms with van der Waals surface area (Å²) in [6, 6.07) is 7.53. The Balaban J connectivity index is 2.49. The molecule has 0 saturated heterocycles. The van der Waals surface area contributed by atoms with E-state index in [2.05, 4.69) is 15.0 Å². The molecule has 0 unspecified atom stereocenters. The molecule has 0 atom stereocenters. The van der Waals surface area contributed by atoms with Crippen molar-refractivity contribution in [3.8, 4) is 0 Å². The summed E-state index contributed by atoms with van der Waals surface area (Å²) in [4.78, 5) is 6.88. The molecule has 0 spiro atoms. The van der Waals surface area contributed by atoms with E-state index in [1.54, 1.807) is 6.20 Å². The number of hydrogen-bond acceptors (Lipinski definition) is 2. The molecule has 0 saturated carbocycles. The molecule has 4 nitrogen and oxygen atoms in total. The average molecular weight is 219 g/mol. The number of aromatic nitrogens is 1. The van der Waals surface area contributed by atoms with E-state index in [9.17, 15) is 0 Å². The van der Waals surface area contributed by atoms with Gasteiger partial charge < -0.3 is 0 Å². The topological polar surface area (TPSA) is 61.7 Å². The molecule has 0 aliphatic rings. The van der Waals surface area contributed by atoms with Crippen molar-refractivity contribution in [2.45, 2.75) is 6.54 Å². The van der Waals surface area contributed by atoms with Crippen LogP contribution in [0.15, 0.2) is 35.6 Å². The van der Waals surface area contributed by atoms with Crippen LogP contribution in [0, 0.1) is 0 Å². The molecule has 2 aromatic rings. The minimum Gasteiger partial charge on any atom is -0.255 e. The molecule has 1 aromatic carbocycles. The van der Waals surface area contributed by atoms with Gasteiger partial charge in [-0.2, -0.15) is 0 Å². The fraction of sp³-hybridized carbons (Fsp3) is 0.100. The summed E-state index contributed by atoms with van der Waals surface area (Å²) in [6.07, 6.45) is 1.61. The molecule has 1 heterocycles. The monoisotopic (exact) mass is 218 g/mol. The summed E-state index contributed by atoms with van der Waals surface area (Å²) in [7, 11) is 0. The minimum absolute atomic E-state index is 0.346. The van der Waals surface area contributed by atoms with Crippen LogP contribution in [0.25, 0.3) is 21.3 Å². The number of rotatable bonds is 2. The Hall–Kier alpha value is -1.77. The van der Waals surface area contributed by atoms with Gasteiger partial charge in [0.05, 0.1) is 17.1 Å². The maximum absolute atomic E-state index is 8.21. The van der Waals surface area contributed by atoms with E-state index in [0.29, 0.717) is 11.6 Å². The van der Waals surface area contributed by atoms with E-state index in [1.807, 2.05) is 24.3 Å². The molecule has 0 radical (unpaired) electrons. The van der Waals surface area contributed by atoms with Crippen LogP contribution in [0.4, 0.5) is 0 Å². The van der Waals surface area contributed by atoms with Crippen LogP contribution in [-0.2, 0) is 6.54 Å². The first-order chi connectivity index (χ1) is 7.29. The van der Waals surface area contributed by atoms with Gasteiger partial charge in [-0.1, -0.05) is 22.8 Å². The Labute approximate surface area is 91.1 Å². The molecule has 0 amide bonds. The Morgan fingerprint density at radius 1 is 1.40 bits per heavy atom. The number of nitrogens with zero attached hydrogens (tertiary/aromatic N) is 4. The summed E-state index contributed by atoms with van der Waals surface area (Å²) in [6.45, 7) is 0.346. The van der Waals surface area contributed by atoms with Crippen LogP contribution in [0.2, 0.25) is 5.02 Å². The quantitative estimate of drug-likeness (QED) is 0.431. The van der Waals surface area contributed by atoms with Gasteiger partial charge in [-0.25, -0.2) is 0 Å². The number of pyridine rings is 1. The van der Waals surface area contributed by atoms with Gasteiger partial charge in [0.2, 0.25) is 0 Å². The smallest absolute Gasteiger partial charge is 0.0703 e. The lowest BCUT2D eigenvalue weighted by molar-refractivity contribution is 1.05. The second kappa shape index (κ2) is 4.17. The first-order valence-electron chi connectivity index (χ1n) is 4.34. The van der Waals surface area contributed by atoms with Crippen LogP contribution in [0.3, 0.4) is 0 Å². The zero-order valence-corrected chi connectivity index (χ0v) is 8.52. The second-order valence-corrected chi connectivity index (χ2v) is 3.51. The van der Waals surface area contributed by atoms with Crippen molar-refractivity contribution in [3.63, 3.8) is 0 Å². The van der Waals surface area contributed by atoms with Crippen molar-refractivity contribution in [1.82, 2.24) is 4.98 Å². The highest BCUT2D eigenvalue weighted by Crippen LogP contribution is 2.18. The zero-order valence-electron chi connectivity index (χ0n) is 7.76. The highest BCUT2D eigenvalue weighted by Gasteiger charge is 1.97. The molecule has 0 fully saturated rings. The number of azide groups is 1.